The fourth-order valence-corrected chi connectivity index (χ4v) is 3.76. The molecule has 0 fully saturated rings. The van der Waals surface area contributed by atoms with Gasteiger partial charge < -0.3 is 14.4 Å². The molecule has 0 atom stereocenters. The molecule has 0 unspecified atom stereocenters. The second kappa shape index (κ2) is 8.44. The van der Waals surface area contributed by atoms with E-state index < -0.39 is 0 Å². The number of carbonyl (C=O) groups excluding carboxylic acids is 1. The van der Waals surface area contributed by atoms with E-state index in [0.29, 0.717) is 13.2 Å². The maximum absolute atomic E-state index is 12.4. The number of hydrogen-bond acceptors (Lipinski definition) is 5. The van der Waals surface area contributed by atoms with Crippen molar-refractivity contribution in [2.24, 2.45) is 0 Å². The average molecular weight is 394 g/mol. The lowest BCUT2D eigenvalue weighted by Gasteiger charge is -2.29. The van der Waals surface area contributed by atoms with E-state index in [4.69, 9.17) is 9.47 Å². The van der Waals surface area contributed by atoms with Crippen molar-refractivity contribution < 1.29 is 14.3 Å². The van der Waals surface area contributed by atoms with Crippen LogP contribution in [0.5, 0.6) is 11.5 Å². The lowest BCUT2D eigenvalue weighted by atomic mass is 10.1. The fraction of sp³-hybridized carbons (Fsp3) is 0.273. The number of ether oxygens (including phenoxy) is 2. The van der Waals surface area contributed by atoms with Crippen LogP contribution in [0.4, 0.5) is 5.69 Å². The van der Waals surface area contributed by atoms with Gasteiger partial charge in [-0.25, -0.2) is 4.98 Å². The molecule has 144 valence electrons. The van der Waals surface area contributed by atoms with Gasteiger partial charge in [-0.1, -0.05) is 19.1 Å². The van der Waals surface area contributed by atoms with Gasteiger partial charge in [-0.05, 0) is 48.7 Å². The van der Waals surface area contributed by atoms with E-state index >= 15 is 0 Å². The second-order valence-corrected chi connectivity index (χ2v) is 7.31. The molecule has 2 heterocycles. The van der Waals surface area contributed by atoms with Gasteiger partial charge in [0, 0.05) is 17.5 Å². The molecule has 0 aliphatic carbocycles. The smallest absolute Gasteiger partial charge is 0.265 e. The Balaban J connectivity index is 1.41. The number of aryl methyl sites for hydroxylation is 1. The van der Waals surface area contributed by atoms with Gasteiger partial charge in [0.05, 0.1) is 23.5 Å². The van der Waals surface area contributed by atoms with Crippen molar-refractivity contribution in [1.82, 2.24) is 4.98 Å². The molecule has 1 aliphatic heterocycles. The van der Waals surface area contributed by atoms with E-state index in [0.717, 1.165) is 41.3 Å². The van der Waals surface area contributed by atoms with Crippen LogP contribution in [0.15, 0.2) is 53.4 Å². The maximum Gasteiger partial charge on any atom is 0.265 e. The third-order valence-electron chi connectivity index (χ3n) is 4.76. The van der Waals surface area contributed by atoms with Crippen LogP contribution in [0.2, 0.25) is 0 Å². The molecule has 1 aromatic heterocycles. The van der Waals surface area contributed by atoms with Crippen molar-refractivity contribution in [3.05, 3.63) is 58.9 Å². The van der Waals surface area contributed by atoms with E-state index in [1.165, 1.54) is 5.56 Å². The first-order valence-electron chi connectivity index (χ1n) is 9.42. The van der Waals surface area contributed by atoms with Crippen molar-refractivity contribution in [2.45, 2.75) is 19.8 Å². The highest BCUT2D eigenvalue weighted by Gasteiger charge is 2.25. The zero-order valence-corrected chi connectivity index (χ0v) is 16.6. The number of anilines is 1. The minimum atomic E-state index is -0.0322. The van der Waals surface area contributed by atoms with Crippen molar-refractivity contribution in [3.8, 4) is 22.8 Å². The summed E-state index contributed by atoms with van der Waals surface area (Å²) in [5.74, 6) is 1.56. The number of carbonyl (C=O) groups is 1. The minimum absolute atomic E-state index is 0.0322. The molecule has 2 aromatic carbocycles. The highest BCUT2D eigenvalue weighted by atomic mass is 32.1. The quantitative estimate of drug-likeness (QED) is 0.551. The summed E-state index contributed by atoms with van der Waals surface area (Å²) in [5, 5.41) is 2.00. The van der Waals surface area contributed by atoms with Crippen molar-refractivity contribution in [1.29, 1.82) is 0 Å². The van der Waals surface area contributed by atoms with Gasteiger partial charge in [0.15, 0.2) is 6.61 Å². The third-order valence-corrected chi connectivity index (χ3v) is 5.34. The molecule has 1 amide bonds. The van der Waals surface area contributed by atoms with Crippen LogP contribution >= 0.6 is 11.3 Å². The predicted molar refractivity (Wildman–Crippen MR) is 111 cm³/mol. The number of aromatic nitrogens is 1. The zero-order chi connectivity index (χ0) is 19.3. The Morgan fingerprint density at radius 3 is 2.82 bits per heavy atom. The Bertz CT molecular complexity index is 939. The molecule has 28 heavy (non-hydrogen) atoms. The molecule has 0 spiro atoms. The molecule has 0 N–H and O–H groups in total. The van der Waals surface area contributed by atoms with Gasteiger partial charge >= 0.3 is 0 Å². The van der Waals surface area contributed by atoms with Gasteiger partial charge in [0.25, 0.3) is 5.91 Å². The number of thiazole rings is 1. The molecule has 4 rings (SSSR count). The number of hydrogen-bond donors (Lipinski definition) is 0. The number of nitrogens with zero attached hydrogens (tertiary/aromatic N) is 2. The summed E-state index contributed by atoms with van der Waals surface area (Å²) in [5.41, 5.74) is 5.78. The van der Waals surface area contributed by atoms with E-state index in [-0.39, 0.29) is 12.5 Å². The van der Waals surface area contributed by atoms with E-state index in [1.807, 2.05) is 35.7 Å². The Morgan fingerprint density at radius 2 is 2.07 bits per heavy atom. The van der Waals surface area contributed by atoms with Crippen LogP contribution in [-0.4, -0.2) is 30.6 Å². The Morgan fingerprint density at radius 1 is 1.21 bits per heavy atom. The third kappa shape index (κ3) is 4.02. The van der Waals surface area contributed by atoms with Crippen molar-refractivity contribution >= 4 is 22.9 Å². The Hall–Kier alpha value is -2.86. The monoisotopic (exact) mass is 394 g/mol. The van der Waals surface area contributed by atoms with Gasteiger partial charge in [0.1, 0.15) is 11.5 Å². The molecule has 0 saturated heterocycles. The molecule has 1 aliphatic rings. The van der Waals surface area contributed by atoms with Crippen LogP contribution in [0, 0.1) is 0 Å². The molecule has 0 radical (unpaired) electrons. The van der Waals surface area contributed by atoms with E-state index in [9.17, 15) is 4.79 Å². The van der Waals surface area contributed by atoms with Crippen LogP contribution in [0.25, 0.3) is 11.3 Å². The van der Waals surface area contributed by atoms with Gasteiger partial charge in [-0.2, -0.15) is 0 Å². The summed E-state index contributed by atoms with van der Waals surface area (Å²) in [7, 11) is 0. The van der Waals surface area contributed by atoms with E-state index in [2.05, 4.69) is 24.0 Å². The predicted octanol–water partition coefficient (Wildman–Crippen LogP) is 4.57. The summed E-state index contributed by atoms with van der Waals surface area (Å²) in [6.07, 6.45) is 1.75. The summed E-state index contributed by atoms with van der Waals surface area (Å²) in [4.78, 5) is 18.6. The Labute approximate surface area is 168 Å². The van der Waals surface area contributed by atoms with Crippen LogP contribution in [-0.2, 0) is 11.2 Å². The van der Waals surface area contributed by atoms with Crippen molar-refractivity contribution in [3.63, 3.8) is 0 Å². The summed E-state index contributed by atoms with van der Waals surface area (Å²) < 4.78 is 11.4. The zero-order valence-electron chi connectivity index (χ0n) is 15.8. The Kier molecular flexibility index (Phi) is 5.58. The number of benzene rings is 2. The minimum Gasteiger partial charge on any atom is -0.494 e. The first kappa shape index (κ1) is 18.5. The average Bonchev–Trinajstić information content (AvgIpc) is 3.27. The first-order chi connectivity index (χ1) is 13.7. The standard InChI is InChI=1S/C22H22N2O3S/c1-2-16-4-7-18(8-5-16)26-11-3-10-24-20-12-17(19-14-28-15-23-19)6-9-21(20)27-13-22(24)25/h4-9,12,14-15H,2-3,10-11,13H2,1H3. The summed E-state index contributed by atoms with van der Waals surface area (Å²) in [6.45, 7) is 3.34. The maximum atomic E-state index is 12.4. The molecule has 3 aromatic rings. The lowest BCUT2D eigenvalue weighted by Crippen LogP contribution is -2.39. The lowest BCUT2D eigenvalue weighted by molar-refractivity contribution is -0.121. The highest BCUT2D eigenvalue weighted by Crippen LogP contribution is 2.36. The summed E-state index contributed by atoms with van der Waals surface area (Å²) in [6, 6.07) is 14.0. The molecule has 6 heteroatoms. The van der Waals surface area contributed by atoms with Crippen LogP contribution in [0.1, 0.15) is 18.9 Å². The van der Waals surface area contributed by atoms with Gasteiger partial charge in [0.2, 0.25) is 0 Å². The van der Waals surface area contributed by atoms with Crippen LogP contribution < -0.4 is 14.4 Å². The number of amides is 1. The topological polar surface area (TPSA) is 51.7 Å². The number of fused-ring (bicyclic) bond motifs is 1. The second-order valence-electron chi connectivity index (χ2n) is 6.59. The largest absolute Gasteiger partial charge is 0.494 e. The van der Waals surface area contributed by atoms with Gasteiger partial charge in [-0.3, -0.25) is 4.79 Å². The molecule has 5 nitrogen and oxygen atoms in total. The molecule has 0 saturated carbocycles. The van der Waals surface area contributed by atoms with E-state index in [1.54, 1.807) is 21.7 Å². The first-order valence-corrected chi connectivity index (χ1v) is 10.4. The number of rotatable bonds is 7. The molecular formula is C22H22N2O3S. The van der Waals surface area contributed by atoms with Crippen molar-refractivity contribution in [2.75, 3.05) is 24.7 Å². The normalized spacial score (nSPS) is 13.2. The fourth-order valence-electron chi connectivity index (χ4n) is 3.20. The summed E-state index contributed by atoms with van der Waals surface area (Å²) >= 11 is 1.55. The highest BCUT2D eigenvalue weighted by molar-refractivity contribution is 7.07. The SMILES string of the molecule is CCc1ccc(OCCCN2C(=O)COc3ccc(-c4cscn4)cc32)cc1. The molecular weight excluding hydrogens is 372 g/mol. The van der Waals surface area contributed by atoms with Crippen LogP contribution in [0.3, 0.4) is 0 Å². The molecule has 0 bridgehead atoms. The van der Waals surface area contributed by atoms with Gasteiger partial charge in [-0.15, -0.1) is 11.3 Å².